The Bertz CT molecular complexity index is 576. The molecule has 3 unspecified atom stereocenters. The van der Waals surface area contributed by atoms with Crippen LogP contribution in [0.2, 0.25) is 0 Å². The van der Waals surface area contributed by atoms with Gasteiger partial charge in [-0.25, -0.2) is 8.78 Å². The van der Waals surface area contributed by atoms with Gasteiger partial charge in [-0.1, -0.05) is 19.1 Å². The SMILES string of the molecule is CC(CN(C)C(=O)C1CC1c1cccc(F)c1F)C(=O)O. The Balaban J connectivity index is 2.01. The molecule has 1 fully saturated rings. The summed E-state index contributed by atoms with van der Waals surface area (Å²) in [4.78, 5) is 24.3. The molecule has 1 N–H and O–H groups in total. The lowest BCUT2D eigenvalue weighted by atomic mass is 10.1. The lowest BCUT2D eigenvalue weighted by Crippen LogP contribution is -2.34. The van der Waals surface area contributed by atoms with Crippen molar-refractivity contribution in [1.82, 2.24) is 4.90 Å². The number of carboxylic acids is 1. The minimum Gasteiger partial charge on any atom is -0.481 e. The van der Waals surface area contributed by atoms with Crippen molar-refractivity contribution < 1.29 is 23.5 Å². The van der Waals surface area contributed by atoms with Crippen LogP contribution in [0, 0.1) is 23.5 Å². The summed E-state index contributed by atoms with van der Waals surface area (Å²) < 4.78 is 26.8. The highest BCUT2D eigenvalue weighted by molar-refractivity contribution is 5.83. The molecule has 1 aromatic rings. The van der Waals surface area contributed by atoms with Crippen molar-refractivity contribution in [3.8, 4) is 0 Å². The predicted molar refractivity (Wildman–Crippen MR) is 71.6 cm³/mol. The Kier molecular flexibility index (Phi) is 4.25. The first-order valence-electron chi connectivity index (χ1n) is 6.74. The summed E-state index contributed by atoms with van der Waals surface area (Å²) in [7, 11) is 1.53. The zero-order valence-electron chi connectivity index (χ0n) is 11.8. The molecule has 0 radical (unpaired) electrons. The molecule has 2 rings (SSSR count). The van der Waals surface area contributed by atoms with Gasteiger partial charge in [-0.3, -0.25) is 9.59 Å². The second kappa shape index (κ2) is 5.79. The number of amides is 1. The van der Waals surface area contributed by atoms with Crippen LogP contribution >= 0.6 is 0 Å². The van der Waals surface area contributed by atoms with Gasteiger partial charge < -0.3 is 10.0 Å². The van der Waals surface area contributed by atoms with Crippen LogP contribution in [0.25, 0.3) is 0 Å². The first-order valence-corrected chi connectivity index (χ1v) is 6.74. The number of hydrogen-bond donors (Lipinski definition) is 1. The molecule has 0 bridgehead atoms. The van der Waals surface area contributed by atoms with Crippen molar-refractivity contribution in [1.29, 1.82) is 0 Å². The second-order valence-electron chi connectivity index (χ2n) is 5.55. The topological polar surface area (TPSA) is 57.6 Å². The molecule has 0 aromatic heterocycles. The fourth-order valence-electron chi connectivity index (χ4n) is 2.48. The Morgan fingerprint density at radius 3 is 2.71 bits per heavy atom. The normalized spacial score (nSPS) is 21.7. The summed E-state index contributed by atoms with van der Waals surface area (Å²) in [6.07, 6.45) is 0.463. The lowest BCUT2D eigenvalue weighted by molar-refractivity contribution is -0.142. The molecule has 21 heavy (non-hydrogen) atoms. The van der Waals surface area contributed by atoms with Gasteiger partial charge in [0.2, 0.25) is 5.91 Å². The third-order valence-corrected chi connectivity index (χ3v) is 3.83. The van der Waals surface area contributed by atoms with Crippen molar-refractivity contribution in [3.05, 3.63) is 35.4 Å². The van der Waals surface area contributed by atoms with E-state index in [1.807, 2.05) is 0 Å². The third kappa shape index (κ3) is 3.20. The van der Waals surface area contributed by atoms with Crippen molar-refractivity contribution in [2.24, 2.45) is 11.8 Å². The molecule has 1 aromatic carbocycles. The predicted octanol–water partition coefficient (Wildman–Crippen LogP) is 2.25. The zero-order chi connectivity index (χ0) is 15.7. The van der Waals surface area contributed by atoms with Crippen LogP contribution in [0.1, 0.15) is 24.8 Å². The molecule has 1 amide bonds. The first-order chi connectivity index (χ1) is 9.82. The minimum atomic E-state index is -0.974. The Labute approximate surface area is 121 Å². The van der Waals surface area contributed by atoms with E-state index in [0.717, 1.165) is 6.07 Å². The number of carboxylic acid groups (broad SMARTS) is 1. The largest absolute Gasteiger partial charge is 0.481 e. The fourth-order valence-corrected chi connectivity index (χ4v) is 2.48. The molecule has 0 saturated heterocycles. The number of halogens is 2. The monoisotopic (exact) mass is 297 g/mol. The summed E-state index contributed by atoms with van der Waals surface area (Å²) in [6, 6.07) is 3.94. The van der Waals surface area contributed by atoms with E-state index in [4.69, 9.17) is 5.11 Å². The van der Waals surface area contributed by atoms with E-state index in [0.29, 0.717) is 6.42 Å². The van der Waals surface area contributed by atoms with Crippen LogP contribution in [-0.4, -0.2) is 35.5 Å². The van der Waals surface area contributed by atoms with Crippen molar-refractivity contribution in [2.75, 3.05) is 13.6 Å². The number of benzene rings is 1. The van der Waals surface area contributed by atoms with E-state index in [9.17, 15) is 18.4 Å². The van der Waals surface area contributed by atoms with Gasteiger partial charge in [0.15, 0.2) is 11.6 Å². The van der Waals surface area contributed by atoms with Gasteiger partial charge in [0.05, 0.1) is 5.92 Å². The molecule has 3 atom stereocenters. The third-order valence-electron chi connectivity index (χ3n) is 3.83. The van der Waals surface area contributed by atoms with Gasteiger partial charge in [0, 0.05) is 19.5 Å². The maximum atomic E-state index is 13.7. The molecule has 0 spiro atoms. The fraction of sp³-hybridized carbons (Fsp3) is 0.467. The van der Waals surface area contributed by atoms with Gasteiger partial charge in [-0.05, 0) is 24.0 Å². The number of rotatable bonds is 5. The average molecular weight is 297 g/mol. The highest BCUT2D eigenvalue weighted by Gasteiger charge is 2.46. The summed E-state index contributed by atoms with van der Waals surface area (Å²) in [5.41, 5.74) is 0.216. The van der Waals surface area contributed by atoms with Crippen molar-refractivity contribution in [3.63, 3.8) is 0 Å². The highest BCUT2D eigenvalue weighted by Crippen LogP contribution is 2.49. The number of aliphatic carboxylic acids is 1. The van der Waals surface area contributed by atoms with E-state index < -0.39 is 29.4 Å². The Morgan fingerprint density at radius 1 is 1.43 bits per heavy atom. The van der Waals surface area contributed by atoms with E-state index >= 15 is 0 Å². The van der Waals surface area contributed by atoms with Crippen LogP contribution in [0.4, 0.5) is 8.78 Å². The van der Waals surface area contributed by atoms with Crippen LogP contribution in [0.3, 0.4) is 0 Å². The average Bonchev–Trinajstić information content (AvgIpc) is 3.20. The smallest absolute Gasteiger partial charge is 0.308 e. The maximum Gasteiger partial charge on any atom is 0.308 e. The van der Waals surface area contributed by atoms with Gasteiger partial charge in [-0.2, -0.15) is 0 Å². The standard InChI is InChI=1S/C15H17F2NO3/c1-8(15(20)21)7-18(2)14(19)11-6-10(11)9-4-3-5-12(16)13(9)17/h3-5,8,10-11H,6-7H2,1-2H3,(H,20,21). The van der Waals surface area contributed by atoms with Gasteiger partial charge in [0.1, 0.15) is 0 Å². The van der Waals surface area contributed by atoms with Gasteiger partial charge in [-0.15, -0.1) is 0 Å². The molecule has 1 saturated carbocycles. The highest BCUT2D eigenvalue weighted by atomic mass is 19.2. The number of carbonyl (C=O) groups is 2. The molecule has 114 valence electrons. The Hall–Kier alpha value is -1.98. The van der Waals surface area contributed by atoms with Gasteiger partial charge >= 0.3 is 5.97 Å². The van der Waals surface area contributed by atoms with Crippen LogP contribution < -0.4 is 0 Å². The van der Waals surface area contributed by atoms with E-state index in [-0.39, 0.29) is 23.9 Å². The summed E-state index contributed by atoms with van der Waals surface area (Å²) in [5, 5.41) is 8.83. The lowest BCUT2D eigenvalue weighted by Gasteiger charge is -2.19. The minimum absolute atomic E-state index is 0.100. The molecule has 0 heterocycles. The molecule has 0 aliphatic heterocycles. The second-order valence-corrected chi connectivity index (χ2v) is 5.55. The molecule has 1 aliphatic carbocycles. The maximum absolute atomic E-state index is 13.7. The van der Waals surface area contributed by atoms with Crippen molar-refractivity contribution >= 4 is 11.9 Å². The molecular weight excluding hydrogens is 280 g/mol. The van der Waals surface area contributed by atoms with Crippen molar-refractivity contribution in [2.45, 2.75) is 19.3 Å². The van der Waals surface area contributed by atoms with E-state index in [1.165, 1.54) is 31.0 Å². The summed E-state index contributed by atoms with van der Waals surface area (Å²) in [5.74, 6) is -4.40. The quantitative estimate of drug-likeness (QED) is 0.907. The first kappa shape index (κ1) is 15.4. The number of carbonyl (C=O) groups excluding carboxylic acids is 1. The molecule has 6 heteroatoms. The van der Waals surface area contributed by atoms with Crippen LogP contribution in [0.5, 0.6) is 0 Å². The van der Waals surface area contributed by atoms with Gasteiger partial charge in [0.25, 0.3) is 0 Å². The van der Waals surface area contributed by atoms with E-state index in [2.05, 4.69) is 0 Å². The summed E-state index contributed by atoms with van der Waals surface area (Å²) in [6.45, 7) is 1.62. The van der Waals surface area contributed by atoms with E-state index in [1.54, 1.807) is 0 Å². The van der Waals surface area contributed by atoms with Crippen LogP contribution in [-0.2, 0) is 9.59 Å². The number of nitrogens with zero attached hydrogens (tertiary/aromatic N) is 1. The molecule has 4 nitrogen and oxygen atoms in total. The zero-order valence-corrected chi connectivity index (χ0v) is 11.8. The summed E-state index contributed by atoms with van der Waals surface area (Å²) >= 11 is 0. The Morgan fingerprint density at radius 2 is 2.10 bits per heavy atom. The number of hydrogen-bond acceptors (Lipinski definition) is 2. The molecule has 1 aliphatic rings. The van der Waals surface area contributed by atoms with Crippen LogP contribution in [0.15, 0.2) is 18.2 Å². The molecular formula is C15H17F2NO3.